The number of anilines is 1. The van der Waals surface area contributed by atoms with Crippen LogP contribution in [0.15, 0.2) is 97.2 Å². The van der Waals surface area contributed by atoms with E-state index in [0.29, 0.717) is 18.5 Å². The number of rotatable bonds is 5. The molecular weight excluding hydrogens is 465 g/mol. The molecule has 1 fully saturated rings. The maximum Gasteiger partial charge on any atom is 0.251 e. The molecule has 5 aromatic rings. The molecule has 1 N–H and O–H groups in total. The van der Waals surface area contributed by atoms with Crippen molar-refractivity contribution < 1.29 is 9.18 Å². The number of nitrogens with zero attached hydrogens (tertiary/aromatic N) is 4. The average molecular weight is 492 g/mol. The molecule has 1 amide bonds. The summed E-state index contributed by atoms with van der Waals surface area (Å²) >= 11 is 0. The van der Waals surface area contributed by atoms with Gasteiger partial charge in [-0.05, 0) is 66.4 Å². The Morgan fingerprint density at radius 3 is 2.59 bits per heavy atom. The summed E-state index contributed by atoms with van der Waals surface area (Å²) in [5.74, 6) is 0.346. The SMILES string of the molecule is Cc1cnc2ccc(N3CC(NC(=O)c4cccc(-c5ccccc5)c4)C[C@@H]3c3cccc(F)c3)nn12. The minimum Gasteiger partial charge on any atom is -0.347 e. The van der Waals surface area contributed by atoms with E-state index < -0.39 is 0 Å². The molecule has 1 aliphatic heterocycles. The first-order valence-electron chi connectivity index (χ1n) is 12.3. The van der Waals surface area contributed by atoms with E-state index in [1.807, 2.05) is 79.7 Å². The molecule has 1 saturated heterocycles. The Morgan fingerprint density at radius 2 is 1.76 bits per heavy atom. The van der Waals surface area contributed by atoms with Crippen molar-refractivity contribution >= 4 is 17.4 Å². The summed E-state index contributed by atoms with van der Waals surface area (Å²) < 4.78 is 16.0. The maximum atomic E-state index is 14.2. The summed E-state index contributed by atoms with van der Waals surface area (Å²) in [7, 11) is 0. The van der Waals surface area contributed by atoms with Crippen molar-refractivity contribution in [2.24, 2.45) is 0 Å². The van der Waals surface area contributed by atoms with Gasteiger partial charge >= 0.3 is 0 Å². The van der Waals surface area contributed by atoms with Gasteiger partial charge in [0.25, 0.3) is 5.91 Å². The molecular formula is C30H26FN5O. The summed E-state index contributed by atoms with van der Waals surface area (Å²) in [5.41, 5.74) is 5.22. The predicted octanol–water partition coefficient (Wildman–Crippen LogP) is 5.59. The van der Waals surface area contributed by atoms with E-state index in [0.717, 1.165) is 33.8 Å². The lowest BCUT2D eigenvalue weighted by molar-refractivity contribution is 0.0940. The van der Waals surface area contributed by atoms with Gasteiger partial charge < -0.3 is 10.2 Å². The zero-order chi connectivity index (χ0) is 25.4. The average Bonchev–Trinajstić information content (AvgIpc) is 3.52. The quantitative estimate of drug-likeness (QED) is 0.348. The van der Waals surface area contributed by atoms with E-state index in [-0.39, 0.29) is 23.8 Å². The minimum absolute atomic E-state index is 0.128. The highest BCUT2D eigenvalue weighted by Crippen LogP contribution is 2.36. The fourth-order valence-electron chi connectivity index (χ4n) is 5.09. The van der Waals surface area contributed by atoms with Crippen LogP contribution >= 0.6 is 0 Å². The Kier molecular flexibility index (Phi) is 5.88. The lowest BCUT2D eigenvalue weighted by Gasteiger charge is -2.26. The summed E-state index contributed by atoms with van der Waals surface area (Å²) in [6.07, 6.45) is 2.42. The first-order valence-corrected chi connectivity index (χ1v) is 12.3. The molecule has 6 nitrogen and oxygen atoms in total. The Morgan fingerprint density at radius 1 is 0.946 bits per heavy atom. The Bertz CT molecular complexity index is 1580. The maximum absolute atomic E-state index is 14.2. The monoisotopic (exact) mass is 491 g/mol. The van der Waals surface area contributed by atoms with Gasteiger partial charge in [-0.1, -0.05) is 54.6 Å². The van der Waals surface area contributed by atoms with Crippen LogP contribution < -0.4 is 10.2 Å². The first kappa shape index (κ1) is 22.9. The minimum atomic E-state index is -0.281. The summed E-state index contributed by atoms with van der Waals surface area (Å²) in [6, 6.07) is 27.9. The highest BCUT2D eigenvalue weighted by atomic mass is 19.1. The van der Waals surface area contributed by atoms with Crippen LogP contribution in [-0.4, -0.2) is 33.1 Å². The predicted molar refractivity (Wildman–Crippen MR) is 142 cm³/mol. The van der Waals surface area contributed by atoms with Gasteiger partial charge in [-0.25, -0.2) is 13.9 Å². The van der Waals surface area contributed by atoms with Gasteiger partial charge in [0.05, 0.1) is 17.9 Å². The number of aromatic nitrogens is 3. The lowest BCUT2D eigenvalue weighted by atomic mass is 10.0. The van der Waals surface area contributed by atoms with Crippen LogP contribution in [0.3, 0.4) is 0 Å². The highest BCUT2D eigenvalue weighted by molar-refractivity contribution is 5.95. The number of nitrogens with one attached hydrogen (secondary N) is 1. The zero-order valence-electron chi connectivity index (χ0n) is 20.4. The molecule has 0 radical (unpaired) electrons. The van der Waals surface area contributed by atoms with Crippen LogP contribution in [0.5, 0.6) is 0 Å². The third-order valence-electron chi connectivity index (χ3n) is 6.91. The molecule has 3 heterocycles. The summed E-state index contributed by atoms with van der Waals surface area (Å²) in [5, 5.41) is 8.02. The number of halogens is 1. The first-order chi connectivity index (χ1) is 18.0. The number of amides is 1. The highest BCUT2D eigenvalue weighted by Gasteiger charge is 2.35. The molecule has 0 spiro atoms. The van der Waals surface area contributed by atoms with Crippen molar-refractivity contribution in [1.82, 2.24) is 19.9 Å². The number of aryl methyl sites for hydroxylation is 1. The molecule has 1 unspecified atom stereocenters. The number of benzene rings is 3. The van der Waals surface area contributed by atoms with Crippen molar-refractivity contribution in [2.75, 3.05) is 11.4 Å². The Labute approximate surface area is 214 Å². The lowest BCUT2D eigenvalue weighted by Crippen LogP contribution is -2.37. The molecule has 2 atom stereocenters. The van der Waals surface area contributed by atoms with Crippen molar-refractivity contribution in [2.45, 2.75) is 25.4 Å². The zero-order valence-corrected chi connectivity index (χ0v) is 20.4. The van der Waals surface area contributed by atoms with Crippen LogP contribution in [0.25, 0.3) is 16.8 Å². The van der Waals surface area contributed by atoms with Gasteiger partial charge in [0.15, 0.2) is 5.65 Å². The van der Waals surface area contributed by atoms with E-state index >= 15 is 0 Å². The molecule has 0 bridgehead atoms. The fourth-order valence-corrected chi connectivity index (χ4v) is 5.09. The standard InChI is InChI=1S/C30H26FN5O/c1-20-18-32-28-13-14-29(34-36(20)28)35-19-26(17-27(35)23-10-6-12-25(31)16-23)33-30(37)24-11-5-9-22(15-24)21-7-3-2-4-8-21/h2-16,18,26-27H,17,19H2,1H3,(H,33,37)/t26?,27-/m1/s1. The number of imidazole rings is 1. The van der Waals surface area contributed by atoms with Gasteiger partial charge in [-0.2, -0.15) is 0 Å². The van der Waals surface area contributed by atoms with Gasteiger partial charge in [-0.3, -0.25) is 4.79 Å². The Hall–Kier alpha value is -4.52. The van der Waals surface area contributed by atoms with Crippen LogP contribution in [-0.2, 0) is 0 Å². The van der Waals surface area contributed by atoms with E-state index in [1.165, 1.54) is 6.07 Å². The molecule has 3 aromatic carbocycles. The second-order valence-electron chi connectivity index (χ2n) is 9.44. The van der Waals surface area contributed by atoms with Crippen LogP contribution in [0.1, 0.15) is 34.1 Å². The second-order valence-corrected chi connectivity index (χ2v) is 9.44. The fraction of sp³-hybridized carbons (Fsp3) is 0.167. The molecule has 0 aliphatic carbocycles. The largest absolute Gasteiger partial charge is 0.347 e. The molecule has 1 aliphatic rings. The van der Waals surface area contributed by atoms with Crippen LogP contribution in [0.4, 0.5) is 10.2 Å². The molecule has 2 aromatic heterocycles. The number of hydrogen-bond donors (Lipinski definition) is 1. The van der Waals surface area contributed by atoms with Crippen LogP contribution in [0.2, 0.25) is 0 Å². The van der Waals surface area contributed by atoms with Gasteiger partial charge in [0, 0.05) is 18.2 Å². The van der Waals surface area contributed by atoms with Gasteiger partial charge in [0.2, 0.25) is 0 Å². The Balaban J connectivity index is 1.28. The number of carbonyl (C=O) groups is 1. The van der Waals surface area contributed by atoms with E-state index in [4.69, 9.17) is 5.10 Å². The van der Waals surface area contributed by atoms with Crippen molar-refractivity contribution in [3.8, 4) is 11.1 Å². The van der Waals surface area contributed by atoms with Crippen molar-refractivity contribution in [3.63, 3.8) is 0 Å². The molecule has 0 saturated carbocycles. The van der Waals surface area contributed by atoms with Gasteiger partial charge in [-0.15, -0.1) is 5.10 Å². The smallest absolute Gasteiger partial charge is 0.251 e. The van der Waals surface area contributed by atoms with E-state index in [9.17, 15) is 9.18 Å². The number of fused-ring (bicyclic) bond motifs is 1. The van der Waals surface area contributed by atoms with E-state index in [2.05, 4.69) is 15.2 Å². The third kappa shape index (κ3) is 4.56. The number of hydrogen-bond acceptors (Lipinski definition) is 4. The van der Waals surface area contributed by atoms with E-state index in [1.54, 1.807) is 22.8 Å². The molecule has 6 rings (SSSR count). The number of carbonyl (C=O) groups excluding carboxylic acids is 1. The third-order valence-corrected chi connectivity index (χ3v) is 6.91. The van der Waals surface area contributed by atoms with Crippen LogP contribution in [0, 0.1) is 12.7 Å². The second kappa shape index (κ2) is 9.50. The normalized spacial score (nSPS) is 17.3. The topological polar surface area (TPSA) is 62.5 Å². The van der Waals surface area contributed by atoms with Crippen molar-refractivity contribution in [3.05, 3.63) is 120 Å². The summed E-state index contributed by atoms with van der Waals surface area (Å²) in [6.45, 7) is 2.51. The molecule has 37 heavy (non-hydrogen) atoms. The van der Waals surface area contributed by atoms with Gasteiger partial charge in [0.1, 0.15) is 11.6 Å². The van der Waals surface area contributed by atoms with Crippen molar-refractivity contribution in [1.29, 1.82) is 0 Å². The molecule has 7 heteroatoms. The molecule has 184 valence electrons. The summed E-state index contributed by atoms with van der Waals surface area (Å²) in [4.78, 5) is 19.8.